The minimum atomic E-state index is 0.0865. The van der Waals surface area contributed by atoms with E-state index in [1.165, 1.54) is 0 Å². The molecule has 0 spiro atoms. The van der Waals surface area contributed by atoms with Gasteiger partial charge in [0.25, 0.3) is 0 Å². The molecule has 0 saturated heterocycles. The zero-order valence-corrected chi connectivity index (χ0v) is 11.9. The summed E-state index contributed by atoms with van der Waals surface area (Å²) in [6, 6.07) is 7.60. The number of rotatable bonds is 4. The van der Waals surface area contributed by atoms with Crippen LogP contribution in [0.2, 0.25) is 0 Å². The van der Waals surface area contributed by atoms with Crippen LogP contribution in [0.15, 0.2) is 30.5 Å². The van der Waals surface area contributed by atoms with E-state index in [9.17, 15) is 0 Å². The van der Waals surface area contributed by atoms with Gasteiger partial charge in [-0.2, -0.15) is 9.97 Å². The van der Waals surface area contributed by atoms with Crippen LogP contribution in [0.4, 0.5) is 17.5 Å². The molecular weight excluding hydrogens is 282 g/mol. The second-order valence-corrected chi connectivity index (χ2v) is 4.58. The van der Waals surface area contributed by atoms with Gasteiger partial charge in [0.2, 0.25) is 5.95 Å². The maximum Gasteiger partial charge on any atom is 0.224 e. The number of ether oxygens (including phenoxy) is 1. The first-order chi connectivity index (χ1) is 10.7. The van der Waals surface area contributed by atoms with Gasteiger partial charge in [-0.05, 0) is 24.3 Å². The molecule has 3 rings (SSSR count). The summed E-state index contributed by atoms with van der Waals surface area (Å²) in [5, 5.41) is 3.24. The van der Waals surface area contributed by atoms with Crippen molar-refractivity contribution in [1.29, 1.82) is 0 Å². The van der Waals surface area contributed by atoms with Crippen LogP contribution in [0.5, 0.6) is 5.75 Å². The van der Waals surface area contributed by atoms with E-state index < -0.39 is 0 Å². The summed E-state index contributed by atoms with van der Waals surface area (Å²) in [5.41, 5.74) is 13.8. The van der Waals surface area contributed by atoms with E-state index in [1.807, 2.05) is 24.3 Å². The fourth-order valence-corrected chi connectivity index (χ4v) is 1.97. The van der Waals surface area contributed by atoms with E-state index in [4.69, 9.17) is 16.2 Å². The molecule has 0 aliphatic rings. The molecule has 8 heteroatoms. The molecule has 0 unspecified atom stereocenters. The summed E-state index contributed by atoms with van der Waals surface area (Å²) in [5.74, 6) is 1.11. The molecule has 0 radical (unpaired) electrons. The number of nitrogen functional groups attached to an aromatic ring is 2. The lowest BCUT2D eigenvalue weighted by Gasteiger charge is -2.08. The van der Waals surface area contributed by atoms with E-state index in [0.717, 1.165) is 17.1 Å². The first-order valence-electron chi connectivity index (χ1n) is 6.58. The Hall–Kier alpha value is -3.16. The first-order valence-corrected chi connectivity index (χ1v) is 6.58. The van der Waals surface area contributed by atoms with Crippen molar-refractivity contribution in [2.45, 2.75) is 6.54 Å². The fraction of sp³-hybridized carbons (Fsp3) is 0.143. The Kier molecular flexibility index (Phi) is 3.57. The van der Waals surface area contributed by atoms with Crippen LogP contribution in [0, 0.1) is 0 Å². The Morgan fingerprint density at radius 2 is 1.86 bits per heavy atom. The normalized spacial score (nSPS) is 10.6. The Morgan fingerprint density at radius 1 is 1.09 bits per heavy atom. The summed E-state index contributed by atoms with van der Waals surface area (Å²) in [7, 11) is 1.63. The van der Waals surface area contributed by atoms with Crippen molar-refractivity contribution < 1.29 is 4.74 Å². The molecule has 0 fully saturated rings. The zero-order chi connectivity index (χ0) is 15.5. The monoisotopic (exact) mass is 297 g/mol. The van der Waals surface area contributed by atoms with Crippen LogP contribution in [0.3, 0.4) is 0 Å². The topological polar surface area (TPSA) is 125 Å². The second-order valence-electron chi connectivity index (χ2n) is 4.58. The molecule has 112 valence electrons. The number of anilines is 3. The van der Waals surface area contributed by atoms with Gasteiger partial charge in [0, 0.05) is 5.69 Å². The van der Waals surface area contributed by atoms with Gasteiger partial charge >= 0.3 is 0 Å². The molecule has 2 heterocycles. The number of aromatic nitrogens is 4. The van der Waals surface area contributed by atoms with Gasteiger partial charge in [0.15, 0.2) is 17.0 Å². The predicted octanol–water partition coefficient (Wildman–Crippen LogP) is 1.20. The fourth-order valence-electron chi connectivity index (χ4n) is 1.97. The maximum atomic E-state index is 5.80. The summed E-state index contributed by atoms with van der Waals surface area (Å²) in [4.78, 5) is 16.5. The van der Waals surface area contributed by atoms with Crippen LogP contribution in [0.1, 0.15) is 5.69 Å². The Morgan fingerprint density at radius 3 is 2.59 bits per heavy atom. The lowest BCUT2D eigenvalue weighted by molar-refractivity contribution is 0.415. The molecule has 0 aliphatic carbocycles. The number of nitrogens with two attached hydrogens (primary N) is 2. The number of hydrogen-bond acceptors (Lipinski definition) is 8. The lowest BCUT2D eigenvalue weighted by atomic mass is 10.3. The van der Waals surface area contributed by atoms with Crippen molar-refractivity contribution in [3.8, 4) is 5.75 Å². The number of nitrogens with one attached hydrogen (secondary N) is 1. The van der Waals surface area contributed by atoms with Crippen LogP contribution in [0.25, 0.3) is 11.2 Å². The smallest absolute Gasteiger partial charge is 0.224 e. The van der Waals surface area contributed by atoms with E-state index in [0.29, 0.717) is 17.7 Å². The zero-order valence-electron chi connectivity index (χ0n) is 11.9. The molecule has 5 N–H and O–H groups in total. The highest BCUT2D eigenvalue weighted by atomic mass is 16.5. The average Bonchev–Trinajstić information content (AvgIpc) is 2.53. The summed E-state index contributed by atoms with van der Waals surface area (Å²) in [6.45, 7) is 0.499. The van der Waals surface area contributed by atoms with Gasteiger partial charge in [0.05, 0.1) is 25.5 Å². The van der Waals surface area contributed by atoms with Gasteiger partial charge in [0.1, 0.15) is 5.75 Å². The SMILES string of the molecule is COc1ccc(NCc2cnc3nc(N)nc(N)c3n2)cc1. The Bertz CT molecular complexity index is 804. The third kappa shape index (κ3) is 2.80. The van der Waals surface area contributed by atoms with E-state index in [2.05, 4.69) is 25.3 Å². The van der Waals surface area contributed by atoms with Gasteiger partial charge < -0.3 is 21.5 Å². The largest absolute Gasteiger partial charge is 0.497 e. The molecule has 22 heavy (non-hydrogen) atoms. The van der Waals surface area contributed by atoms with Gasteiger partial charge in [-0.1, -0.05) is 0 Å². The molecule has 0 atom stereocenters. The van der Waals surface area contributed by atoms with Gasteiger partial charge in [-0.15, -0.1) is 0 Å². The maximum absolute atomic E-state index is 5.80. The summed E-state index contributed by atoms with van der Waals surface area (Å²) in [6.07, 6.45) is 1.63. The molecule has 0 saturated carbocycles. The molecule has 0 bridgehead atoms. The molecule has 0 aliphatic heterocycles. The quantitative estimate of drug-likeness (QED) is 0.656. The number of methoxy groups -OCH3 is 1. The average molecular weight is 297 g/mol. The molecule has 2 aromatic heterocycles. The standard InChI is InChI=1S/C14H15N7O/c1-22-10-4-2-8(3-5-10)17-6-9-7-18-13-11(19-9)12(15)20-14(16)21-13/h2-5,7,17H,6H2,1H3,(H4,15,16,18,20,21). The van der Waals surface area contributed by atoms with Crippen LogP contribution < -0.4 is 21.5 Å². The lowest BCUT2D eigenvalue weighted by Crippen LogP contribution is -2.06. The van der Waals surface area contributed by atoms with Crippen LogP contribution in [-0.4, -0.2) is 27.0 Å². The third-order valence-electron chi connectivity index (χ3n) is 3.06. The van der Waals surface area contributed by atoms with Crippen LogP contribution >= 0.6 is 0 Å². The highest BCUT2D eigenvalue weighted by molar-refractivity contribution is 5.81. The minimum Gasteiger partial charge on any atom is -0.497 e. The van der Waals surface area contributed by atoms with Gasteiger partial charge in [-0.25, -0.2) is 9.97 Å². The van der Waals surface area contributed by atoms with Crippen molar-refractivity contribution in [2.24, 2.45) is 0 Å². The summed E-state index contributed by atoms with van der Waals surface area (Å²) < 4.78 is 5.11. The number of benzene rings is 1. The van der Waals surface area contributed by atoms with Crippen molar-refractivity contribution >= 4 is 28.6 Å². The molecule has 0 amide bonds. The van der Waals surface area contributed by atoms with Crippen molar-refractivity contribution in [3.05, 3.63) is 36.2 Å². The van der Waals surface area contributed by atoms with E-state index in [-0.39, 0.29) is 11.8 Å². The molecular formula is C14H15N7O. The van der Waals surface area contributed by atoms with Crippen molar-refractivity contribution in [3.63, 3.8) is 0 Å². The number of nitrogens with zero attached hydrogens (tertiary/aromatic N) is 4. The van der Waals surface area contributed by atoms with Crippen LogP contribution in [-0.2, 0) is 6.54 Å². The summed E-state index contributed by atoms with van der Waals surface area (Å²) >= 11 is 0. The number of fused-ring (bicyclic) bond motifs is 1. The number of hydrogen-bond donors (Lipinski definition) is 3. The minimum absolute atomic E-state index is 0.0865. The second kappa shape index (κ2) is 5.68. The van der Waals surface area contributed by atoms with E-state index in [1.54, 1.807) is 13.3 Å². The van der Waals surface area contributed by atoms with Gasteiger partial charge in [-0.3, -0.25) is 0 Å². The highest BCUT2D eigenvalue weighted by Gasteiger charge is 2.07. The Labute approximate surface area is 126 Å². The van der Waals surface area contributed by atoms with Crippen molar-refractivity contribution in [2.75, 3.05) is 23.9 Å². The predicted molar refractivity (Wildman–Crippen MR) is 84.3 cm³/mol. The molecule has 1 aromatic carbocycles. The Balaban J connectivity index is 1.78. The first kappa shape index (κ1) is 13.8. The van der Waals surface area contributed by atoms with E-state index >= 15 is 0 Å². The highest BCUT2D eigenvalue weighted by Crippen LogP contribution is 2.17. The van der Waals surface area contributed by atoms with Crippen molar-refractivity contribution in [1.82, 2.24) is 19.9 Å². The third-order valence-corrected chi connectivity index (χ3v) is 3.06. The molecule has 8 nitrogen and oxygen atoms in total. The molecule has 3 aromatic rings.